The molecule has 4 rings (SSSR count). The fourth-order valence-corrected chi connectivity index (χ4v) is 3.81. The summed E-state index contributed by atoms with van der Waals surface area (Å²) in [5, 5.41) is 11.1. The van der Waals surface area contributed by atoms with E-state index in [1.807, 2.05) is 0 Å². The molecule has 0 spiro atoms. The summed E-state index contributed by atoms with van der Waals surface area (Å²) >= 11 is 0. The lowest BCUT2D eigenvalue weighted by Gasteiger charge is -2.24. The van der Waals surface area contributed by atoms with Crippen LogP contribution in [0.25, 0.3) is 0 Å². The molecule has 0 bridgehead atoms. The van der Waals surface area contributed by atoms with Crippen LogP contribution in [0.3, 0.4) is 0 Å². The van der Waals surface area contributed by atoms with E-state index >= 15 is 0 Å². The van der Waals surface area contributed by atoms with Gasteiger partial charge in [0.05, 0.1) is 0 Å². The molecule has 3 aliphatic heterocycles. The zero-order chi connectivity index (χ0) is 13.6. The maximum atomic E-state index is 5.83. The van der Waals surface area contributed by atoms with Crippen LogP contribution in [0, 0.1) is 5.92 Å². The lowest BCUT2D eigenvalue weighted by molar-refractivity contribution is 0.00967. The van der Waals surface area contributed by atoms with Crippen LogP contribution in [0.1, 0.15) is 38.4 Å². The molecule has 3 saturated heterocycles. The van der Waals surface area contributed by atoms with Crippen molar-refractivity contribution in [2.24, 2.45) is 5.92 Å². The second-order valence-corrected chi connectivity index (χ2v) is 6.53. The molecule has 3 atom stereocenters. The number of H-pyrrole nitrogens is 1. The van der Waals surface area contributed by atoms with E-state index in [4.69, 9.17) is 9.72 Å². The molecule has 4 heterocycles. The Balaban J connectivity index is 1.51. The molecule has 20 heavy (non-hydrogen) atoms. The topological polar surface area (TPSA) is 66.1 Å². The first-order chi connectivity index (χ1) is 9.74. The minimum Gasteiger partial charge on any atom is -0.367 e. The molecule has 0 radical (unpaired) electrons. The predicted octanol–water partition coefficient (Wildman–Crippen LogP) is 1.02. The van der Waals surface area contributed by atoms with Crippen LogP contribution < -0.4 is 10.2 Å². The monoisotopic (exact) mass is 277 g/mol. The molecule has 2 N–H and O–H groups in total. The summed E-state index contributed by atoms with van der Waals surface area (Å²) in [6.07, 6.45) is 4.74. The van der Waals surface area contributed by atoms with Gasteiger partial charge in [0.1, 0.15) is 5.60 Å². The minimum absolute atomic E-state index is 0.268. The summed E-state index contributed by atoms with van der Waals surface area (Å²) in [6.45, 7) is 6.19. The van der Waals surface area contributed by atoms with Crippen LogP contribution in [0.2, 0.25) is 0 Å². The molecule has 0 aliphatic carbocycles. The third-order valence-electron chi connectivity index (χ3n) is 5.08. The third kappa shape index (κ3) is 2.02. The average Bonchev–Trinajstić information content (AvgIpc) is 3.17. The molecule has 1 aromatic rings. The van der Waals surface area contributed by atoms with Crippen LogP contribution >= 0.6 is 0 Å². The largest absolute Gasteiger partial charge is 0.367 e. The maximum Gasteiger partial charge on any atom is 0.244 e. The van der Waals surface area contributed by atoms with Gasteiger partial charge in [-0.05, 0) is 45.1 Å². The van der Waals surface area contributed by atoms with Crippen molar-refractivity contribution in [3.05, 3.63) is 5.82 Å². The quantitative estimate of drug-likeness (QED) is 0.845. The number of hydrogen-bond donors (Lipinski definition) is 2. The van der Waals surface area contributed by atoms with Crippen LogP contribution in [0.15, 0.2) is 0 Å². The lowest BCUT2D eigenvalue weighted by atomic mass is 9.94. The van der Waals surface area contributed by atoms with Gasteiger partial charge in [0, 0.05) is 25.7 Å². The summed E-state index contributed by atoms with van der Waals surface area (Å²) in [6, 6.07) is 0.615. The Kier molecular flexibility index (Phi) is 2.96. The molecule has 3 fully saturated rings. The number of rotatable bonds is 2. The SMILES string of the molecule is CC1(c2nc(N3CC4CCCNC4C3)n[nH]2)CCCO1. The molecule has 0 amide bonds. The number of nitrogens with zero attached hydrogens (tertiary/aromatic N) is 3. The molecule has 1 aromatic heterocycles. The van der Waals surface area contributed by atoms with Crippen molar-refractivity contribution >= 4 is 5.95 Å². The molecular weight excluding hydrogens is 254 g/mol. The van der Waals surface area contributed by atoms with Crippen molar-refractivity contribution in [3.8, 4) is 0 Å². The number of hydrogen-bond acceptors (Lipinski definition) is 5. The zero-order valence-electron chi connectivity index (χ0n) is 12.1. The standard InChI is InChI=1S/C14H23N5O/c1-14(5-3-7-20-14)12-16-13(18-17-12)19-8-10-4-2-6-15-11(10)9-19/h10-11,15H,2-9H2,1H3,(H,16,17,18). The molecule has 6 heteroatoms. The van der Waals surface area contributed by atoms with Gasteiger partial charge >= 0.3 is 0 Å². The van der Waals surface area contributed by atoms with E-state index in [1.165, 1.54) is 12.8 Å². The molecule has 0 aromatic carbocycles. The maximum absolute atomic E-state index is 5.83. The second-order valence-electron chi connectivity index (χ2n) is 6.53. The molecule has 110 valence electrons. The van der Waals surface area contributed by atoms with Crippen molar-refractivity contribution in [3.63, 3.8) is 0 Å². The highest BCUT2D eigenvalue weighted by Crippen LogP contribution is 2.34. The third-order valence-corrected chi connectivity index (χ3v) is 5.08. The first kappa shape index (κ1) is 12.6. The van der Waals surface area contributed by atoms with E-state index < -0.39 is 0 Å². The minimum atomic E-state index is -0.268. The summed E-state index contributed by atoms with van der Waals surface area (Å²) in [5.41, 5.74) is -0.268. The molecule has 3 aliphatic rings. The van der Waals surface area contributed by atoms with Crippen molar-refractivity contribution in [2.75, 3.05) is 31.1 Å². The smallest absolute Gasteiger partial charge is 0.244 e. The Morgan fingerprint density at radius 2 is 2.30 bits per heavy atom. The Morgan fingerprint density at radius 3 is 3.10 bits per heavy atom. The summed E-state index contributed by atoms with van der Waals surface area (Å²) in [5.74, 6) is 2.48. The van der Waals surface area contributed by atoms with E-state index in [1.54, 1.807) is 0 Å². The van der Waals surface area contributed by atoms with Gasteiger partial charge in [-0.2, -0.15) is 4.98 Å². The Labute approximate surface area is 119 Å². The van der Waals surface area contributed by atoms with Gasteiger partial charge in [-0.3, -0.25) is 5.10 Å². The van der Waals surface area contributed by atoms with E-state index in [9.17, 15) is 0 Å². The number of aromatic amines is 1. The van der Waals surface area contributed by atoms with E-state index in [-0.39, 0.29) is 5.60 Å². The predicted molar refractivity (Wildman–Crippen MR) is 75.6 cm³/mol. The Hall–Kier alpha value is -1.14. The van der Waals surface area contributed by atoms with E-state index in [2.05, 4.69) is 27.3 Å². The highest BCUT2D eigenvalue weighted by molar-refractivity contribution is 5.33. The van der Waals surface area contributed by atoms with Crippen molar-refractivity contribution in [1.29, 1.82) is 0 Å². The summed E-state index contributed by atoms with van der Waals surface area (Å²) in [7, 11) is 0. The molecule has 0 saturated carbocycles. The average molecular weight is 277 g/mol. The first-order valence-corrected chi connectivity index (χ1v) is 7.80. The van der Waals surface area contributed by atoms with Crippen LogP contribution in [0.5, 0.6) is 0 Å². The van der Waals surface area contributed by atoms with Gasteiger partial charge in [0.25, 0.3) is 0 Å². The number of aromatic nitrogens is 3. The lowest BCUT2D eigenvalue weighted by Crippen LogP contribution is -2.40. The van der Waals surface area contributed by atoms with Gasteiger partial charge in [0.2, 0.25) is 5.95 Å². The molecule has 6 nitrogen and oxygen atoms in total. The Morgan fingerprint density at radius 1 is 1.35 bits per heavy atom. The number of nitrogens with one attached hydrogen (secondary N) is 2. The van der Waals surface area contributed by atoms with Crippen LogP contribution in [0.4, 0.5) is 5.95 Å². The van der Waals surface area contributed by atoms with E-state index in [0.717, 1.165) is 56.8 Å². The number of ether oxygens (including phenoxy) is 1. The van der Waals surface area contributed by atoms with Gasteiger partial charge in [-0.25, -0.2) is 0 Å². The van der Waals surface area contributed by atoms with Crippen molar-refractivity contribution in [2.45, 2.75) is 44.2 Å². The summed E-state index contributed by atoms with van der Waals surface area (Å²) in [4.78, 5) is 7.02. The summed E-state index contributed by atoms with van der Waals surface area (Å²) < 4.78 is 5.83. The highest BCUT2D eigenvalue weighted by atomic mass is 16.5. The number of fused-ring (bicyclic) bond motifs is 1. The van der Waals surface area contributed by atoms with Crippen molar-refractivity contribution in [1.82, 2.24) is 20.5 Å². The van der Waals surface area contributed by atoms with Gasteiger partial charge < -0.3 is 15.0 Å². The second kappa shape index (κ2) is 4.70. The number of anilines is 1. The fourth-order valence-electron chi connectivity index (χ4n) is 3.81. The number of piperidine rings is 1. The van der Waals surface area contributed by atoms with Crippen LogP contribution in [-0.4, -0.2) is 47.5 Å². The van der Waals surface area contributed by atoms with Gasteiger partial charge in [-0.15, -0.1) is 5.10 Å². The normalized spacial score (nSPS) is 37.4. The molecule has 3 unspecified atom stereocenters. The highest BCUT2D eigenvalue weighted by Gasteiger charge is 2.38. The Bertz CT molecular complexity index is 468. The van der Waals surface area contributed by atoms with Gasteiger partial charge in [-0.1, -0.05) is 0 Å². The van der Waals surface area contributed by atoms with Crippen LogP contribution in [-0.2, 0) is 10.3 Å². The van der Waals surface area contributed by atoms with Crippen molar-refractivity contribution < 1.29 is 4.74 Å². The fraction of sp³-hybridized carbons (Fsp3) is 0.857. The first-order valence-electron chi connectivity index (χ1n) is 7.80. The van der Waals surface area contributed by atoms with Gasteiger partial charge in [0.15, 0.2) is 5.82 Å². The van der Waals surface area contributed by atoms with E-state index in [0.29, 0.717) is 6.04 Å². The zero-order valence-corrected chi connectivity index (χ0v) is 12.1. The molecular formula is C14H23N5O.